The molecule has 12 aromatic rings. The van der Waals surface area contributed by atoms with Crippen LogP contribution in [0.25, 0.3) is 110 Å². The van der Waals surface area contributed by atoms with Crippen molar-refractivity contribution in [2.24, 2.45) is 0 Å². The van der Waals surface area contributed by atoms with E-state index in [4.69, 9.17) is 14.4 Å². The molecule has 0 aliphatic rings. The summed E-state index contributed by atoms with van der Waals surface area (Å²) in [6.45, 7) is 0. The minimum atomic E-state index is 0.817. The molecule has 0 saturated carbocycles. The van der Waals surface area contributed by atoms with E-state index in [2.05, 4.69) is 155 Å². The van der Waals surface area contributed by atoms with Crippen molar-refractivity contribution in [1.29, 1.82) is 0 Å². The molecule has 0 aliphatic heterocycles. The lowest BCUT2D eigenvalue weighted by molar-refractivity contribution is 0.669. The number of hydrogen-bond donors (Lipinski definition) is 0. The Morgan fingerprint density at radius 3 is 2.06 bits per heavy atom. The van der Waals surface area contributed by atoms with Gasteiger partial charge in [0.05, 0.1) is 27.6 Å². The van der Waals surface area contributed by atoms with Crippen LogP contribution in [0.4, 0.5) is 0 Å². The zero-order valence-corrected chi connectivity index (χ0v) is 27.2. The second kappa shape index (κ2) is 9.80. The number of benzene rings is 8. The molecule has 0 spiro atoms. The van der Waals surface area contributed by atoms with Gasteiger partial charge < -0.3 is 4.42 Å². The zero-order valence-electron chi connectivity index (χ0n) is 27.2. The van der Waals surface area contributed by atoms with Crippen molar-refractivity contribution >= 4 is 92.9 Å². The maximum atomic E-state index is 6.23. The summed E-state index contributed by atoms with van der Waals surface area (Å²) in [5.41, 5.74) is 10.1. The molecule has 4 aromatic heterocycles. The molecule has 236 valence electrons. The van der Waals surface area contributed by atoms with Crippen LogP contribution in [0, 0.1) is 0 Å². The van der Waals surface area contributed by atoms with Gasteiger partial charge in [0.25, 0.3) is 0 Å². The minimum Gasteiger partial charge on any atom is -0.456 e. The third-order valence-electron chi connectivity index (χ3n) is 10.7. The van der Waals surface area contributed by atoms with Gasteiger partial charge in [-0.25, -0.2) is 9.97 Å². The molecule has 0 bridgehead atoms. The summed E-state index contributed by atoms with van der Waals surface area (Å²) < 4.78 is 10.9. The fourth-order valence-corrected chi connectivity index (χ4v) is 8.46. The predicted octanol–water partition coefficient (Wildman–Crippen LogP) is 12.0. The number of fused-ring (bicyclic) bond motifs is 15. The minimum absolute atomic E-state index is 0.817. The van der Waals surface area contributed by atoms with E-state index in [0.717, 1.165) is 77.5 Å². The van der Waals surface area contributed by atoms with Crippen molar-refractivity contribution in [3.05, 3.63) is 158 Å². The molecule has 4 heterocycles. The second-order valence-electron chi connectivity index (χ2n) is 13.4. The van der Waals surface area contributed by atoms with Gasteiger partial charge in [-0.2, -0.15) is 0 Å². The SMILES string of the molecule is c1ccc2c(c1)ccc1c2c2cc(-c3ccc4oc5ccccc5c4c3)c3ccccc3c2n1-c1nc2ccccc2c2nc3ccccc3n12. The molecule has 8 aromatic carbocycles. The van der Waals surface area contributed by atoms with Gasteiger partial charge in [0.15, 0.2) is 0 Å². The average Bonchev–Trinajstić information content (AvgIpc) is 3.87. The van der Waals surface area contributed by atoms with Gasteiger partial charge in [-0.15, -0.1) is 0 Å². The molecule has 12 rings (SSSR count). The Bertz CT molecular complexity index is 3440. The predicted molar refractivity (Wildman–Crippen MR) is 210 cm³/mol. The lowest BCUT2D eigenvalue weighted by Crippen LogP contribution is -2.06. The number of furan rings is 1. The van der Waals surface area contributed by atoms with Crippen molar-refractivity contribution in [3.8, 4) is 17.1 Å². The Labute approximate surface area is 290 Å². The molecule has 0 amide bonds. The summed E-state index contributed by atoms with van der Waals surface area (Å²) in [5, 5.41) is 10.4. The Morgan fingerprint density at radius 1 is 0.451 bits per heavy atom. The summed E-state index contributed by atoms with van der Waals surface area (Å²) in [4.78, 5) is 10.7. The maximum absolute atomic E-state index is 6.23. The van der Waals surface area contributed by atoms with Crippen LogP contribution in [0.2, 0.25) is 0 Å². The van der Waals surface area contributed by atoms with Gasteiger partial charge in [0.2, 0.25) is 5.95 Å². The van der Waals surface area contributed by atoms with Crippen LogP contribution in [-0.2, 0) is 0 Å². The fourth-order valence-electron chi connectivity index (χ4n) is 8.46. The van der Waals surface area contributed by atoms with E-state index in [-0.39, 0.29) is 0 Å². The Kier molecular flexibility index (Phi) is 5.17. The van der Waals surface area contributed by atoms with E-state index >= 15 is 0 Å². The largest absolute Gasteiger partial charge is 0.456 e. The van der Waals surface area contributed by atoms with Crippen LogP contribution in [0.15, 0.2) is 162 Å². The number of aromatic nitrogens is 4. The van der Waals surface area contributed by atoms with E-state index in [1.54, 1.807) is 0 Å². The van der Waals surface area contributed by atoms with Crippen molar-refractivity contribution in [2.75, 3.05) is 0 Å². The van der Waals surface area contributed by atoms with Gasteiger partial charge in [-0.1, -0.05) is 103 Å². The highest BCUT2D eigenvalue weighted by Gasteiger charge is 2.24. The average molecular weight is 651 g/mol. The first-order valence-corrected chi connectivity index (χ1v) is 17.3. The zero-order chi connectivity index (χ0) is 33.2. The number of imidazole rings is 1. The van der Waals surface area contributed by atoms with Crippen LogP contribution in [-0.4, -0.2) is 18.9 Å². The molecular weight excluding hydrogens is 625 g/mol. The number of hydrogen-bond acceptors (Lipinski definition) is 3. The van der Waals surface area contributed by atoms with E-state index in [0.29, 0.717) is 0 Å². The molecule has 0 unspecified atom stereocenters. The number of rotatable bonds is 2. The van der Waals surface area contributed by atoms with Gasteiger partial charge in [0, 0.05) is 32.3 Å². The first kappa shape index (κ1) is 26.9. The van der Waals surface area contributed by atoms with Gasteiger partial charge in [0.1, 0.15) is 16.8 Å². The molecular formula is C46H26N4O. The van der Waals surface area contributed by atoms with Crippen LogP contribution in [0.3, 0.4) is 0 Å². The van der Waals surface area contributed by atoms with Gasteiger partial charge in [-0.05, 0) is 81.9 Å². The van der Waals surface area contributed by atoms with Crippen LogP contribution in [0.5, 0.6) is 0 Å². The number of nitrogens with zero attached hydrogens (tertiary/aromatic N) is 4. The highest BCUT2D eigenvalue weighted by atomic mass is 16.3. The quantitative estimate of drug-likeness (QED) is 0.187. The first-order chi connectivity index (χ1) is 25.3. The van der Waals surface area contributed by atoms with E-state index < -0.39 is 0 Å². The first-order valence-electron chi connectivity index (χ1n) is 17.3. The summed E-state index contributed by atoms with van der Waals surface area (Å²) >= 11 is 0. The normalized spacial score (nSPS) is 12.3. The van der Waals surface area contributed by atoms with Crippen LogP contribution < -0.4 is 0 Å². The third-order valence-corrected chi connectivity index (χ3v) is 10.7. The topological polar surface area (TPSA) is 48.3 Å². The summed E-state index contributed by atoms with van der Waals surface area (Å²) in [5.74, 6) is 0.817. The lowest BCUT2D eigenvalue weighted by atomic mass is 9.93. The Balaban J connectivity index is 1.29. The molecule has 0 N–H and O–H groups in total. The van der Waals surface area contributed by atoms with Gasteiger partial charge >= 0.3 is 0 Å². The fraction of sp³-hybridized carbons (Fsp3) is 0. The van der Waals surface area contributed by atoms with Crippen molar-refractivity contribution < 1.29 is 4.42 Å². The molecule has 0 radical (unpaired) electrons. The van der Waals surface area contributed by atoms with Crippen LogP contribution in [0.1, 0.15) is 0 Å². The molecule has 5 heteroatoms. The summed E-state index contributed by atoms with van der Waals surface area (Å²) in [6.07, 6.45) is 0. The third kappa shape index (κ3) is 3.59. The molecule has 5 nitrogen and oxygen atoms in total. The maximum Gasteiger partial charge on any atom is 0.221 e. The molecule has 0 aliphatic carbocycles. The second-order valence-corrected chi connectivity index (χ2v) is 13.4. The Morgan fingerprint density at radius 2 is 1.16 bits per heavy atom. The standard InChI is InChI=1S/C46H26N4O/c1-2-12-29-27(11-1)21-23-40-43(29)36-26-34(28-22-24-42-35(25-28)31-14-6-10-20-41(31)51-42)30-13-3-4-15-32(30)44(36)49(40)46-48-37-17-7-5-16-33(37)45-47-38-18-8-9-19-39(38)50(45)46/h1-26H. The highest BCUT2D eigenvalue weighted by Crippen LogP contribution is 2.44. The van der Waals surface area contributed by atoms with Gasteiger partial charge in [-0.3, -0.25) is 8.97 Å². The molecule has 0 saturated heterocycles. The van der Waals surface area contributed by atoms with Crippen molar-refractivity contribution in [2.45, 2.75) is 0 Å². The summed E-state index contributed by atoms with van der Waals surface area (Å²) in [7, 11) is 0. The summed E-state index contributed by atoms with van der Waals surface area (Å²) in [6, 6.07) is 56.0. The van der Waals surface area contributed by atoms with Crippen molar-refractivity contribution in [3.63, 3.8) is 0 Å². The number of para-hydroxylation sites is 4. The van der Waals surface area contributed by atoms with E-state index in [1.165, 1.54) is 32.5 Å². The molecule has 0 atom stereocenters. The monoisotopic (exact) mass is 650 g/mol. The van der Waals surface area contributed by atoms with Crippen molar-refractivity contribution in [1.82, 2.24) is 18.9 Å². The van der Waals surface area contributed by atoms with E-state index in [9.17, 15) is 0 Å². The molecule has 0 fully saturated rings. The lowest BCUT2D eigenvalue weighted by Gasteiger charge is -2.15. The Hall–Kier alpha value is -6.98. The molecule has 51 heavy (non-hydrogen) atoms. The highest BCUT2D eigenvalue weighted by molar-refractivity contribution is 6.28. The van der Waals surface area contributed by atoms with E-state index in [1.807, 2.05) is 12.1 Å². The smallest absolute Gasteiger partial charge is 0.221 e. The van der Waals surface area contributed by atoms with Crippen LogP contribution >= 0.6 is 0 Å².